The minimum atomic E-state index is -0.312. The average Bonchev–Trinajstić information content (AvgIpc) is 3.05. The fourth-order valence-corrected chi connectivity index (χ4v) is 3.80. The molecule has 0 saturated carbocycles. The van der Waals surface area contributed by atoms with Crippen molar-refractivity contribution >= 4 is 22.6 Å². The van der Waals surface area contributed by atoms with Gasteiger partial charge < -0.3 is 10.6 Å². The lowest BCUT2D eigenvalue weighted by atomic mass is 9.84. The Morgan fingerprint density at radius 3 is 2.70 bits per heavy atom. The second-order valence-electron chi connectivity index (χ2n) is 8.00. The third kappa shape index (κ3) is 5.09. The van der Waals surface area contributed by atoms with Crippen molar-refractivity contribution in [2.45, 2.75) is 57.9 Å². The van der Waals surface area contributed by atoms with Crippen LogP contribution in [0.3, 0.4) is 0 Å². The normalized spacial score (nSPS) is 20.4. The number of rotatable bonds is 8. The Labute approximate surface area is 161 Å². The van der Waals surface area contributed by atoms with Gasteiger partial charge in [0, 0.05) is 24.9 Å². The topological polar surface area (TPSA) is 58.2 Å². The summed E-state index contributed by atoms with van der Waals surface area (Å²) in [7, 11) is 0. The van der Waals surface area contributed by atoms with Crippen LogP contribution in [0.25, 0.3) is 10.8 Å². The van der Waals surface area contributed by atoms with Crippen LogP contribution >= 0.6 is 0 Å². The van der Waals surface area contributed by atoms with Gasteiger partial charge in [-0.25, -0.2) is 0 Å². The van der Waals surface area contributed by atoms with Gasteiger partial charge in [0.2, 0.25) is 11.8 Å². The van der Waals surface area contributed by atoms with E-state index in [4.69, 9.17) is 0 Å². The van der Waals surface area contributed by atoms with Crippen molar-refractivity contribution in [3.63, 3.8) is 0 Å². The van der Waals surface area contributed by atoms with Crippen LogP contribution in [0.1, 0.15) is 51.5 Å². The summed E-state index contributed by atoms with van der Waals surface area (Å²) in [6.07, 6.45) is 4.28. The third-order valence-corrected chi connectivity index (χ3v) is 5.77. The summed E-state index contributed by atoms with van der Waals surface area (Å²) in [5.41, 5.74) is 0.892. The first-order chi connectivity index (χ1) is 13.0. The second-order valence-corrected chi connectivity index (χ2v) is 8.00. The van der Waals surface area contributed by atoms with Gasteiger partial charge >= 0.3 is 0 Å². The number of amides is 2. The van der Waals surface area contributed by atoms with E-state index < -0.39 is 0 Å². The molecule has 3 rings (SSSR count). The second kappa shape index (κ2) is 8.55. The number of hydrogen-bond acceptors (Lipinski definition) is 2. The molecule has 0 aromatic heterocycles. The molecular weight excluding hydrogens is 336 g/mol. The number of nitrogens with one attached hydrogen (secondary N) is 2. The highest BCUT2D eigenvalue weighted by Gasteiger charge is 2.37. The average molecular weight is 367 g/mol. The summed E-state index contributed by atoms with van der Waals surface area (Å²) in [5, 5.41) is 8.63. The molecule has 1 fully saturated rings. The molecule has 4 heteroatoms. The zero-order valence-electron chi connectivity index (χ0n) is 16.4. The summed E-state index contributed by atoms with van der Waals surface area (Å²) < 4.78 is 0. The van der Waals surface area contributed by atoms with Crippen LogP contribution in [0.4, 0.5) is 0 Å². The van der Waals surface area contributed by atoms with Gasteiger partial charge in [-0.1, -0.05) is 62.7 Å². The Balaban J connectivity index is 1.67. The summed E-state index contributed by atoms with van der Waals surface area (Å²) >= 11 is 0. The van der Waals surface area contributed by atoms with Crippen LogP contribution in [0.2, 0.25) is 0 Å². The van der Waals surface area contributed by atoms with Crippen molar-refractivity contribution in [1.82, 2.24) is 10.6 Å². The molecule has 27 heavy (non-hydrogen) atoms. The molecular formula is C23H30N2O2. The van der Waals surface area contributed by atoms with Crippen molar-refractivity contribution in [2.75, 3.05) is 6.54 Å². The summed E-state index contributed by atoms with van der Waals surface area (Å²) in [4.78, 5) is 24.2. The molecule has 0 spiro atoms. The van der Waals surface area contributed by atoms with E-state index in [-0.39, 0.29) is 17.4 Å². The SMILES string of the molecule is CCC(C)CNC(=O)CCC1(Cc2ccc3ccccc3c2)CCC(=O)N1. The van der Waals surface area contributed by atoms with Crippen molar-refractivity contribution in [3.8, 4) is 0 Å². The summed E-state index contributed by atoms with van der Waals surface area (Å²) in [6, 6.07) is 14.8. The number of carbonyl (C=O) groups excluding carboxylic acids is 2. The van der Waals surface area contributed by atoms with Gasteiger partial charge in [-0.05, 0) is 41.5 Å². The predicted molar refractivity (Wildman–Crippen MR) is 109 cm³/mol. The lowest BCUT2D eigenvalue weighted by Gasteiger charge is -2.29. The smallest absolute Gasteiger partial charge is 0.220 e. The Morgan fingerprint density at radius 1 is 1.22 bits per heavy atom. The van der Waals surface area contributed by atoms with E-state index in [1.54, 1.807) is 0 Å². The molecule has 1 heterocycles. The highest BCUT2D eigenvalue weighted by Crippen LogP contribution is 2.30. The Bertz CT molecular complexity index is 817. The zero-order valence-corrected chi connectivity index (χ0v) is 16.4. The maximum absolute atomic E-state index is 12.2. The van der Waals surface area contributed by atoms with Crippen molar-refractivity contribution in [2.24, 2.45) is 5.92 Å². The minimum Gasteiger partial charge on any atom is -0.356 e. The van der Waals surface area contributed by atoms with Gasteiger partial charge in [0.25, 0.3) is 0 Å². The van der Waals surface area contributed by atoms with Crippen LogP contribution < -0.4 is 10.6 Å². The molecule has 2 amide bonds. The van der Waals surface area contributed by atoms with Crippen LogP contribution in [-0.4, -0.2) is 23.9 Å². The van der Waals surface area contributed by atoms with Gasteiger partial charge in [0.15, 0.2) is 0 Å². The molecule has 4 nitrogen and oxygen atoms in total. The number of hydrogen-bond donors (Lipinski definition) is 2. The molecule has 1 aliphatic rings. The largest absolute Gasteiger partial charge is 0.356 e. The lowest BCUT2D eigenvalue weighted by Crippen LogP contribution is -2.44. The maximum atomic E-state index is 12.2. The van der Waals surface area contributed by atoms with E-state index in [1.807, 2.05) is 12.1 Å². The summed E-state index contributed by atoms with van der Waals surface area (Å²) in [6.45, 7) is 4.99. The van der Waals surface area contributed by atoms with Gasteiger partial charge in [0.1, 0.15) is 0 Å². The quantitative estimate of drug-likeness (QED) is 0.742. The minimum absolute atomic E-state index is 0.0781. The van der Waals surface area contributed by atoms with E-state index >= 15 is 0 Å². The first-order valence-corrected chi connectivity index (χ1v) is 10.0. The first kappa shape index (κ1) is 19.4. The molecule has 1 aliphatic heterocycles. The highest BCUT2D eigenvalue weighted by molar-refractivity contribution is 5.83. The fourth-order valence-electron chi connectivity index (χ4n) is 3.80. The molecule has 1 saturated heterocycles. The van der Waals surface area contributed by atoms with Crippen LogP contribution in [0.15, 0.2) is 42.5 Å². The van der Waals surface area contributed by atoms with Gasteiger partial charge in [-0.2, -0.15) is 0 Å². The van der Waals surface area contributed by atoms with Crippen molar-refractivity contribution in [3.05, 3.63) is 48.0 Å². The predicted octanol–water partition coefficient (Wildman–Crippen LogP) is 3.97. The maximum Gasteiger partial charge on any atom is 0.220 e. The molecule has 2 atom stereocenters. The molecule has 0 aliphatic carbocycles. The first-order valence-electron chi connectivity index (χ1n) is 10.0. The lowest BCUT2D eigenvalue weighted by molar-refractivity contribution is -0.122. The molecule has 144 valence electrons. The van der Waals surface area contributed by atoms with Gasteiger partial charge in [0.05, 0.1) is 0 Å². The van der Waals surface area contributed by atoms with E-state index in [0.29, 0.717) is 25.2 Å². The third-order valence-electron chi connectivity index (χ3n) is 5.77. The standard InChI is InChI=1S/C23H30N2O2/c1-3-17(2)16-24-21(26)10-12-23(13-11-22(27)25-23)15-18-8-9-19-6-4-5-7-20(19)14-18/h4-9,14,17H,3,10-13,15-16H2,1-2H3,(H,24,26)(H,25,27). The summed E-state index contributed by atoms with van der Waals surface area (Å²) in [5.74, 6) is 0.664. The molecule has 0 bridgehead atoms. The number of fused-ring (bicyclic) bond motifs is 1. The molecule has 2 aromatic rings. The molecule has 0 radical (unpaired) electrons. The monoisotopic (exact) mass is 366 g/mol. The molecule has 2 aromatic carbocycles. The van der Waals surface area contributed by atoms with Crippen LogP contribution in [0.5, 0.6) is 0 Å². The Hall–Kier alpha value is -2.36. The van der Waals surface area contributed by atoms with Gasteiger partial charge in [-0.15, -0.1) is 0 Å². The van der Waals surface area contributed by atoms with E-state index in [9.17, 15) is 9.59 Å². The van der Waals surface area contributed by atoms with Crippen LogP contribution in [0, 0.1) is 5.92 Å². The van der Waals surface area contributed by atoms with Crippen molar-refractivity contribution in [1.29, 1.82) is 0 Å². The van der Waals surface area contributed by atoms with Crippen LogP contribution in [-0.2, 0) is 16.0 Å². The van der Waals surface area contributed by atoms with E-state index in [1.165, 1.54) is 16.3 Å². The molecule has 2 N–H and O–H groups in total. The highest BCUT2D eigenvalue weighted by atomic mass is 16.2. The number of carbonyl (C=O) groups is 2. The zero-order chi connectivity index (χ0) is 19.3. The van der Waals surface area contributed by atoms with E-state index in [0.717, 1.165) is 25.8 Å². The number of benzene rings is 2. The molecule has 2 unspecified atom stereocenters. The fraction of sp³-hybridized carbons (Fsp3) is 0.478. The Kier molecular flexibility index (Phi) is 6.15. The Morgan fingerprint density at radius 2 is 2.00 bits per heavy atom. The van der Waals surface area contributed by atoms with Crippen molar-refractivity contribution < 1.29 is 9.59 Å². The van der Waals surface area contributed by atoms with Gasteiger partial charge in [-0.3, -0.25) is 9.59 Å². The van der Waals surface area contributed by atoms with E-state index in [2.05, 4.69) is 54.8 Å².